The molecule has 1 unspecified atom stereocenters. The van der Waals surface area contributed by atoms with Gasteiger partial charge in [0.15, 0.2) is 0 Å². The van der Waals surface area contributed by atoms with Gasteiger partial charge in [-0.1, -0.05) is 24.3 Å². The maximum absolute atomic E-state index is 12.1. The fourth-order valence-corrected chi connectivity index (χ4v) is 2.50. The normalized spacial score (nSPS) is 12.5. The number of fused-ring (bicyclic) bond motifs is 1. The van der Waals surface area contributed by atoms with E-state index in [2.05, 4.69) is 10.3 Å². The van der Waals surface area contributed by atoms with Crippen LogP contribution in [0.1, 0.15) is 13.3 Å². The largest absolute Gasteiger partial charge is 0.480 e. The van der Waals surface area contributed by atoms with E-state index in [4.69, 9.17) is 5.11 Å². The first-order valence-electron chi connectivity index (χ1n) is 5.80. The Morgan fingerprint density at radius 2 is 2.21 bits per heavy atom. The maximum Gasteiger partial charge on any atom is 0.316 e. The first-order chi connectivity index (χ1) is 9.13. The Morgan fingerprint density at radius 3 is 2.89 bits per heavy atom. The monoisotopic (exact) mass is 279 g/mol. The van der Waals surface area contributed by atoms with Crippen LogP contribution in [0.25, 0.3) is 10.9 Å². The van der Waals surface area contributed by atoms with Crippen molar-refractivity contribution in [2.75, 3.05) is 0 Å². The molecule has 2 aromatic rings. The molecule has 0 aliphatic rings. The summed E-state index contributed by atoms with van der Waals surface area (Å²) < 4.78 is 1.19. The third kappa shape index (κ3) is 2.93. The molecule has 1 heterocycles. The van der Waals surface area contributed by atoms with Gasteiger partial charge in [-0.2, -0.15) is 0 Å². The van der Waals surface area contributed by atoms with Crippen molar-refractivity contribution in [2.24, 2.45) is 0 Å². The minimum Gasteiger partial charge on any atom is -0.480 e. The van der Waals surface area contributed by atoms with Crippen LogP contribution in [-0.2, 0) is 10.7 Å². The molecule has 2 rings (SSSR count). The second-order valence-corrected chi connectivity index (χ2v) is 5.10. The van der Waals surface area contributed by atoms with Crippen molar-refractivity contribution in [1.29, 1.82) is 0 Å². The molecular weight excluding hydrogens is 266 g/mol. The van der Waals surface area contributed by atoms with Gasteiger partial charge < -0.3 is 5.11 Å². The molecular formula is C12H13N3O3S. The lowest BCUT2D eigenvalue weighted by atomic mass is 10.2. The number of benzene rings is 1. The molecule has 1 atom stereocenters. The highest BCUT2D eigenvalue weighted by Crippen LogP contribution is 2.16. The van der Waals surface area contributed by atoms with Crippen LogP contribution in [0.4, 0.5) is 0 Å². The number of aliphatic carboxylic acids is 1. The number of nitrogens with zero attached hydrogens (tertiary/aromatic N) is 3. The molecule has 19 heavy (non-hydrogen) atoms. The van der Waals surface area contributed by atoms with E-state index in [0.717, 1.165) is 0 Å². The number of hydrogen-bond acceptors (Lipinski definition) is 5. The van der Waals surface area contributed by atoms with E-state index in [-0.39, 0.29) is 11.4 Å². The van der Waals surface area contributed by atoms with Crippen molar-refractivity contribution in [1.82, 2.24) is 15.0 Å². The summed E-state index contributed by atoms with van der Waals surface area (Å²) in [6.45, 7) is 1.79. The molecule has 0 fully saturated rings. The number of hydrogen-bond donors (Lipinski definition) is 1. The summed E-state index contributed by atoms with van der Waals surface area (Å²) in [5.41, 5.74) is 0.289. The minimum absolute atomic E-state index is 0.182. The first kappa shape index (κ1) is 13.5. The summed E-state index contributed by atoms with van der Waals surface area (Å²) in [5, 5.41) is 16.6. The molecule has 1 aromatic heterocycles. The molecule has 0 saturated carbocycles. The zero-order valence-electron chi connectivity index (χ0n) is 10.3. The van der Waals surface area contributed by atoms with Gasteiger partial charge in [0.05, 0.1) is 11.3 Å². The number of aromatic nitrogens is 3. The van der Waals surface area contributed by atoms with Crippen LogP contribution < -0.4 is 5.56 Å². The Labute approximate surface area is 113 Å². The zero-order valence-corrected chi connectivity index (χ0v) is 11.1. The van der Waals surface area contributed by atoms with Gasteiger partial charge in [0.1, 0.15) is 10.8 Å². The van der Waals surface area contributed by atoms with Crippen molar-refractivity contribution in [3.8, 4) is 0 Å². The van der Waals surface area contributed by atoms with Gasteiger partial charge in [-0.3, -0.25) is 9.59 Å². The Bertz CT molecular complexity index is 656. The van der Waals surface area contributed by atoms with E-state index >= 15 is 0 Å². The second kappa shape index (κ2) is 5.83. The summed E-state index contributed by atoms with van der Waals surface area (Å²) in [4.78, 5) is 23.0. The topological polar surface area (TPSA) is 85.1 Å². The zero-order chi connectivity index (χ0) is 13.8. The average Bonchev–Trinajstić information content (AvgIpc) is 2.41. The van der Waals surface area contributed by atoms with E-state index in [9.17, 15) is 9.59 Å². The molecule has 6 nitrogen and oxygen atoms in total. The standard InChI is InChI=1S/C12H13N3O3S/c1-2-10(12(17)18)19-7-15-11(16)8-5-3-4-6-9(8)13-14-15/h3-6,10H,2,7H2,1H3,(H,17,18). The third-order valence-corrected chi connectivity index (χ3v) is 4.00. The van der Waals surface area contributed by atoms with Crippen molar-refractivity contribution < 1.29 is 9.90 Å². The molecule has 1 aromatic carbocycles. The number of carboxylic acids is 1. The number of carboxylic acid groups (broad SMARTS) is 1. The van der Waals surface area contributed by atoms with Crippen molar-refractivity contribution in [3.63, 3.8) is 0 Å². The molecule has 7 heteroatoms. The first-order valence-corrected chi connectivity index (χ1v) is 6.85. The van der Waals surface area contributed by atoms with E-state index in [1.165, 1.54) is 16.4 Å². The quantitative estimate of drug-likeness (QED) is 0.889. The van der Waals surface area contributed by atoms with Crippen molar-refractivity contribution in [3.05, 3.63) is 34.6 Å². The highest BCUT2D eigenvalue weighted by molar-refractivity contribution is 7.99. The highest BCUT2D eigenvalue weighted by Gasteiger charge is 2.16. The molecule has 0 bridgehead atoms. The highest BCUT2D eigenvalue weighted by atomic mass is 32.2. The van der Waals surface area contributed by atoms with Crippen LogP contribution in [-0.4, -0.2) is 31.3 Å². The molecule has 0 amide bonds. The van der Waals surface area contributed by atoms with Crippen LogP contribution in [0, 0.1) is 0 Å². The van der Waals surface area contributed by atoms with E-state index in [1.807, 2.05) is 0 Å². The van der Waals surface area contributed by atoms with Gasteiger partial charge in [-0.05, 0) is 18.6 Å². The van der Waals surface area contributed by atoms with Crippen molar-refractivity contribution in [2.45, 2.75) is 24.5 Å². The summed E-state index contributed by atoms with van der Waals surface area (Å²) in [7, 11) is 0. The fourth-order valence-electron chi connectivity index (χ4n) is 1.63. The van der Waals surface area contributed by atoms with Gasteiger partial charge in [0, 0.05) is 0 Å². The molecule has 0 saturated heterocycles. The summed E-state index contributed by atoms with van der Waals surface area (Å²) >= 11 is 1.17. The van der Waals surface area contributed by atoms with Gasteiger partial charge >= 0.3 is 5.97 Å². The third-order valence-electron chi connectivity index (χ3n) is 2.67. The van der Waals surface area contributed by atoms with Crippen molar-refractivity contribution >= 4 is 28.6 Å². The van der Waals surface area contributed by atoms with Gasteiger partial charge in [0.2, 0.25) is 0 Å². The van der Waals surface area contributed by atoms with Crippen LogP contribution >= 0.6 is 11.8 Å². The van der Waals surface area contributed by atoms with Gasteiger partial charge in [0.25, 0.3) is 5.56 Å². The lowest BCUT2D eigenvalue weighted by molar-refractivity contribution is -0.136. The second-order valence-electron chi connectivity index (χ2n) is 3.94. The predicted octanol–water partition coefficient (Wildman–Crippen LogP) is 1.35. The molecule has 0 aliphatic carbocycles. The SMILES string of the molecule is CCC(SCn1nnc2ccccc2c1=O)C(=O)O. The van der Waals surface area contributed by atoms with Crippen LogP contribution in [0.15, 0.2) is 29.1 Å². The maximum atomic E-state index is 12.1. The van der Waals surface area contributed by atoms with Crippen LogP contribution in [0.5, 0.6) is 0 Å². The lowest BCUT2D eigenvalue weighted by Crippen LogP contribution is -2.25. The Morgan fingerprint density at radius 1 is 1.47 bits per heavy atom. The molecule has 1 N–H and O–H groups in total. The Hall–Kier alpha value is -1.89. The molecule has 0 spiro atoms. The minimum atomic E-state index is -0.880. The number of carbonyl (C=O) groups is 1. The Kier molecular flexibility index (Phi) is 4.16. The van der Waals surface area contributed by atoms with E-state index < -0.39 is 11.2 Å². The predicted molar refractivity (Wildman–Crippen MR) is 73.1 cm³/mol. The number of thioether (sulfide) groups is 1. The molecule has 0 aliphatic heterocycles. The lowest BCUT2D eigenvalue weighted by Gasteiger charge is -2.09. The smallest absolute Gasteiger partial charge is 0.316 e. The molecule has 0 radical (unpaired) electrons. The van der Waals surface area contributed by atoms with Crippen LogP contribution in [0.2, 0.25) is 0 Å². The van der Waals surface area contributed by atoms with Gasteiger partial charge in [-0.25, -0.2) is 4.68 Å². The summed E-state index contributed by atoms with van der Waals surface area (Å²) in [6.07, 6.45) is 0.496. The Balaban J connectivity index is 2.24. The fraction of sp³-hybridized carbons (Fsp3) is 0.333. The van der Waals surface area contributed by atoms with Gasteiger partial charge in [-0.15, -0.1) is 16.9 Å². The van der Waals surface area contributed by atoms with E-state index in [0.29, 0.717) is 17.3 Å². The number of rotatable bonds is 5. The average molecular weight is 279 g/mol. The van der Waals surface area contributed by atoms with E-state index in [1.54, 1.807) is 31.2 Å². The molecule has 100 valence electrons. The summed E-state index contributed by atoms with van der Waals surface area (Å²) in [5.74, 6) is -0.698. The summed E-state index contributed by atoms with van der Waals surface area (Å²) in [6, 6.07) is 6.94. The van der Waals surface area contributed by atoms with Crippen LogP contribution in [0.3, 0.4) is 0 Å².